The van der Waals surface area contributed by atoms with E-state index in [9.17, 15) is 18.0 Å². The number of benzene rings is 1. The molecule has 3 nitrogen and oxygen atoms in total. The molecule has 1 atom stereocenters. The number of alkyl halides is 1. The van der Waals surface area contributed by atoms with Crippen molar-refractivity contribution < 1.29 is 22.7 Å². The maximum Gasteiger partial charge on any atom is 0.254 e. The molecule has 1 rings (SSSR count). The summed E-state index contributed by atoms with van der Waals surface area (Å²) in [6.07, 6.45) is 0. The number of rotatable bonds is 5. The molecule has 100 valence electrons. The van der Waals surface area contributed by atoms with Crippen LogP contribution in [0.25, 0.3) is 0 Å². The van der Waals surface area contributed by atoms with E-state index >= 15 is 0 Å². The van der Waals surface area contributed by atoms with Crippen LogP contribution in [-0.4, -0.2) is 31.0 Å². The molecule has 0 saturated carbocycles. The molecule has 0 radical (unpaired) electrons. The van der Waals surface area contributed by atoms with E-state index in [4.69, 9.17) is 4.74 Å². The predicted octanol–water partition coefficient (Wildman–Crippen LogP) is 2.24. The first kappa shape index (κ1) is 15.0. The molecule has 18 heavy (non-hydrogen) atoms. The number of carbonyl (C=O) groups is 1. The van der Waals surface area contributed by atoms with Crippen molar-refractivity contribution in [2.75, 3.05) is 20.3 Å². The second-order valence-electron chi connectivity index (χ2n) is 3.49. The molecule has 0 aromatic heterocycles. The summed E-state index contributed by atoms with van der Waals surface area (Å²) in [6, 6.07) is 1.59. The Morgan fingerprint density at radius 3 is 2.67 bits per heavy atom. The smallest absolute Gasteiger partial charge is 0.254 e. The van der Waals surface area contributed by atoms with Gasteiger partial charge in [-0.3, -0.25) is 4.79 Å². The van der Waals surface area contributed by atoms with Crippen LogP contribution in [0.3, 0.4) is 0 Å². The molecule has 0 aliphatic heterocycles. The van der Waals surface area contributed by atoms with Crippen LogP contribution in [0, 0.1) is 17.5 Å². The summed E-state index contributed by atoms with van der Waals surface area (Å²) in [6.45, 7) is 0.519. The summed E-state index contributed by atoms with van der Waals surface area (Å²) in [5, 5.41) is 2.38. The number of amides is 1. The fraction of sp³-hybridized carbons (Fsp3) is 0.364. The van der Waals surface area contributed by atoms with Crippen molar-refractivity contribution in [2.24, 2.45) is 0 Å². The third kappa shape index (κ3) is 3.71. The Bertz CT molecular complexity index is 443. The fourth-order valence-corrected chi connectivity index (χ4v) is 1.67. The van der Waals surface area contributed by atoms with Gasteiger partial charge in [0.2, 0.25) is 0 Å². The van der Waals surface area contributed by atoms with E-state index in [0.29, 0.717) is 12.7 Å². The van der Waals surface area contributed by atoms with Gasteiger partial charge in [0.15, 0.2) is 17.5 Å². The van der Waals surface area contributed by atoms with Gasteiger partial charge < -0.3 is 10.1 Å². The Balaban J connectivity index is 2.71. The lowest BCUT2D eigenvalue weighted by Crippen LogP contribution is -2.32. The summed E-state index contributed by atoms with van der Waals surface area (Å²) in [7, 11) is 1.49. The molecular weight excluding hydrogens is 315 g/mol. The number of halogens is 4. The molecule has 0 saturated heterocycles. The molecule has 1 N–H and O–H groups in total. The molecule has 1 unspecified atom stereocenters. The van der Waals surface area contributed by atoms with E-state index in [2.05, 4.69) is 21.2 Å². The van der Waals surface area contributed by atoms with E-state index in [1.165, 1.54) is 7.11 Å². The van der Waals surface area contributed by atoms with Gasteiger partial charge in [-0.15, -0.1) is 0 Å². The Morgan fingerprint density at radius 2 is 2.06 bits per heavy atom. The third-order valence-corrected chi connectivity index (χ3v) is 2.70. The lowest BCUT2D eigenvalue weighted by molar-refractivity contribution is 0.0944. The van der Waals surface area contributed by atoms with E-state index in [1.54, 1.807) is 0 Å². The van der Waals surface area contributed by atoms with Gasteiger partial charge in [0.1, 0.15) is 0 Å². The SMILES string of the molecule is COCC(Br)CNC(=O)c1ccc(F)c(F)c1F. The molecule has 1 aromatic carbocycles. The highest BCUT2D eigenvalue weighted by Gasteiger charge is 2.19. The topological polar surface area (TPSA) is 38.3 Å². The average Bonchev–Trinajstić information content (AvgIpc) is 2.34. The van der Waals surface area contributed by atoms with Gasteiger partial charge in [-0.25, -0.2) is 13.2 Å². The van der Waals surface area contributed by atoms with E-state index in [1.807, 2.05) is 0 Å². The highest BCUT2D eigenvalue weighted by molar-refractivity contribution is 9.09. The number of nitrogens with one attached hydrogen (secondary N) is 1. The summed E-state index contributed by atoms with van der Waals surface area (Å²) < 4.78 is 43.7. The summed E-state index contributed by atoms with van der Waals surface area (Å²) in [4.78, 5) is 11.4. The molecule has 0 aliphatic rings. The average molecular weight is 326 g/mol. The van der Waals surface area contributed by atoms with E-state index in [-0.39, 0.29) is 11.4 Å². The molecule has 7 heteroatoms. The number of ether oxygens (including phenoxy) is 1. The van der Waals surface area contributed by atoms with Crippen molar-refractivity contribution in [3.63, 3.8) is 0 Å². The van der Waals surface area contributed by atoms with Crippen molar-refractivity contribution in [1.82, 2.24) is 5.32 Å². The van der Waals surface area contributed by atoms with Gasteiger partial charge in [0.25, 0.3) is 5.91 Å². The molecule has 0 fully saturated rings. The number of carbonyl (C=O) groups excluding carboxylic acids is 1. The Hall–Kier alpha value is -1.08. The van der Waals surface area contributed by atoms with Crippen molar-refractivity contribution in [3.8, 4) is 0 Å². The Labute approximate surface area is 110 Å². The minimum Gasteiger partial charge on any atom is -0.383 e. The van der Waals surface area contributed by atoms with Gasteiger partial charge in [-0.05, 0) is 12.1 Å². The zero-order chi connectivity index (χ0) is 13.7. The highest BCUT2D eigenvalue weighted by atomic mass is 79.9. The van der Waals surface area contributed by atoms with Crippen LogP contribution < -0.4 is 5.32 Å². The second-order valence-corrected chi connectivity index (χ2v) is 4.78. The van der Waals surface area contributed by atoms with Crippen LogP contribution in [0.2, 0.25) is 0 Å². The van der Waals surface area contributed by atoms with Crippen LogP contribution in [-0.2, 0) is 4.74 Å². The minimum absolute atomic E-state index is 0.153. The lowest BCUT2D eigenvalue weighted by Gasteiger charge is -2.10. The zero-order valence-corrected chi connectivity index (χ0v) is 11.1. The molecular formula is C11H11BrF3NO2. The van der Waals surface area contributed by atoms with Gasteiger partial charge in [0.05, 0.1) is 17.0 Å². The second kappa shape index (κ2) is 6.75. The zero-order valence-electron chi connectivity index (χ0n) is 9.47. The minimum atomic E-state index is -1.66. The van der Waals surface area contributed by atoms with Crippen molar-refractivity contribution in [3.05, 3.63) is 35.1 Å². The van der Waals surface area contributed by atoms with Gasteiger partial charge in [0, 0.05) is 13.7 Å². The van der Waals surface area contributed by atoms with Crippen LogP contribution in [0.5, 0.6) is 0 Å². The lowest BCUT2D eigenvalue weighted by atomic mass is 10.2. The summed E-state index contributed by atoms with van der Waals surface area (Å²) in [5.74, 6) is -5.30. The maximum absolute atomic E-state index is 13.3. The standard InChI is InChI=1S/C11H11BrF3NO2/c1-18-5-6(12)4-16-11(17)7-2-3-8(13)10(15)9(7)14/h2-3,6H,4-5H2,1H3,(H,16,17). The first-order chi connectivity index (χ1) is 8.47. The van der Waals surface area contributed by atoms with Crippen molar-refractivity contribution in [1.29, 1.82) is 0 Å². The van der Waals surface area contributed by atoms with Crippen LogP contribution in [0.15, 0.2) is 12.1 Å². The monoisotopic (exact) mass is 325 g/mol. The van der Waals surface area contributed by atoms with Crippen molar-refractivity contribution in [2.45, 2.75) is 4.83 Å². The summed E-state index contributed by atoms with van der Waals surface area (Å²) in [5.41, 5.74) is -0.536. The molecule has 1 amide bonds. The largest absolute Gasteiger partial charge is 0.383 e. The Morgan fingerprint density at radius 1 is 1.39 bits per heavy atom. The quantitative estimate of drug-likeness (QED) is 0.666. The first-order valence-corrected chi connectivity index (χ1v) is 5.93. The van der Waals surface area contributed by atoms with Gasteiger partial charge in [-0.2, -0.15) is 0 Å². The Kier molecular flexibility index (Phi) is 5.61. The number of hydrogen-bond donors (Lipinski definition) is 1. The maximum atomic E-state index is 13.3. The third-order valence-electron chi connectivity index (χ3n) is 2.11. The molecule has 0 bridgehead atoms. The molecule has 0 spiro atoms. The molecule has 0 aliphatic carbocycles. The summed E-state index contributed by atoms with van der Waals surface area (Å²) >= 11 is 3.22. The van der Waals surface area contributed by atoms with Crippen LogP contribution in [0.4, 0.5) is 13.2 Å². The van der Waals surface area contributed by atoms with E-state index in [0.717, 1.165) is 6.07 Å². The van der Waals surface area contributed by atoms with Gasteiger partial charge in [-0.1, -0.05) is 15.9 Å². The van der Waals surface area contributed by atoms with Crippen molar-refractivity contribution >= 4 is 21.8 Å². The highest BCUT2D eigenvalue weighted by Crippen LogP contribution is 2.15. The number of hydrogen-bond acceptors (Lipinski definition) is 2. The first-order valence-electron chi connectivity index (χ1n) is 5.02. The molecule has 1 aromatic rings. The van der Waals surface area contributed by atoms with Crippen LogP contribution >= 0.6 is 15.9 Å². The molecule has 0 heterocycles. The van der Waals surface area contributed by atoms with Gasteiger partial charge >= 0.3 is 0 Å². The number of methoxy groups -OCH3 is 1. The van der Waals surface area contributed by atoms with E-state index < -0.39 is 28.9 Å². The normalized spacial score (nSPS) is 12.3. The van der Waals surface area contributed by atoms with Crippen LogP contribution in [0.1, 0.15) is 10.4 Å². The predicted molar refractivity (Wildman–Crippen MR) is 63.2 cm³/mol. The fourth-order valence-electron chi connectivity index (χ4n) is 1.24.